The Morgan fingerprint density at radius 2 is 1.75 bits per heavy atom. The zero-order valence-corrected chi connectivity index (χ0v) is 9.52. The van der Waals surface area contributed by atoms with E-state index in [0.717, 1.165) is 0 Å². The average Bonchev–Trinajstić information content (AvgIpc) is 1.85. The van der Waals surface area contributed by atoms with E-state index in [-0.39, 0.29) is 12.3 Å². The number of nitrogens with two attached hydrogens (primary N) is 2. The first-order chi connectivity index (χ1) is 5.36. The minimum atomic E-state index is -0.907. The Kier molecular flexibility index (Phi) is 4.77. The number of carbonyl (C=O) groups is 2. The molecule has 0 fully saturated rings. The zero-order valence-electron chi connectivity index (χ0n) is 6.35. The minimum Gasteiger partial charge on any atom is -0.370 e. The van der Waals surface area contributed by atoms with E-state index in [2.05, 4.69) is 31.9 Å². The molecule has 6 heteroatoms. The topological polar surface area (TPSA) is 86.2 Å². The first-order valence-corrected chi connectivity index (χ1v) is 4.91. The molecule has 4 nitrogen and oxygen atoms in total. The molecule has 0 atom stereocenters. The van der Waals surface area contributed by atoms with Crippen LogP contribution in [0.5, 0.6) is 0 Å². The van der Waals surface area contributed by atoms with Crippen LogP contribution in [0, 0.1) is 0 Å². The Labute approximate surface area is 87.3 Å². The highest BCUT2D eigenvalue weighted by Gasteiger charge is 2.29. The largest absolute Gasteiger partial charge is 0.370 e. The maximum absolute atomic E-state index is 10.7. The lowest BCUT2D eigenvalue weighted by molar-refractivity contribution is -0.119. The van der Waals surface area contributed by atoms with Crippen molar-refractivity contribution in [1.29, 1.82) is 0 Å². The van der Waals surface area contributed by atoms with Crippen molar-refractivity contribution in [1.82, 2.24) is 0 Å². The fraction of sp³-hybridized carbons (Fsp3) is 0.667. The van der Waals surface area contributed by atoms with Gasteiger partial charge in [-0.3, -0.25) is 9.59 Å². The van der Waals surface area contributed by atoms with Gasteiger partial charge in [0.25, 0.3) is 0 Å². The molecule has 0 aromatic carbocycles. The van der Waals surface area contributed by atoms with Gasteiger partial charge >= 0.3 is 0 Å². The summed E-state index contributed by atoms with van der Waals surface area (Å²) in [6.45, 7) is 0. The Balaban J connectivity index is 3.76. The first-order valence-electron chi connectivity index (χ1n) is 3.32. The molecule has 12 heavy (non-hydrogen) atoms. The molecule has 0 aliphatic carbocycles. The van der Waals surface area contributed by atoms with E-state index in [1.807, 2.05) is 0 Å². The molecule has 0 aromatic heterocycles. The Hall–Kier alpha value is -0.100. The van der Waals surface area contributed by atoms with Gasteiger partial charge in [0.05, 0.1) is 0 Å². The predicted octanol–water partition coefficient (Wildman–Crippen LogP) is 0.613. The number of amides is 2. The Bertz CT molecular complexity index is 194. The highest BCUT2D eigenvalue weighted by Crippen LogP contribution is 2.31. The molecule has 0 aliphatic heterocycles. The number of primary amides is 2. The monoisotopic (exact) mass is 300 g/mol. The number of alkyl halides is 2. The van der Waals surface area contributed by atoms with Crippen LogP contribution in [0.1, 0.15) is 19.3 Å². The molecule has 0 bridgehead atoms. The molecule has 0 aromatic rings. The van der Waals surface area contributed by atoms with E-state index in [1.54, 1.807) is 0 Å². The SMILES string of the molecule is NC(=O)CCCC(Br)(Br)C(N)=O. The van der Waals surface area contributed by atoms with Crippen molar-refractivity contribution in [3.8, 4) is 0 Å². The van der Waals surface area contributed by atoms with Gasteiger partial charge in [-0.25, -0.2) is 0 Å². The second-order valence-corrected chi connectivity index (χ2v) is 6.16. The molecular formula is C6H10Br2N2O2. The molecule has 0 radical (unpaired) electrons. The number of rotatable bonds is 5. The van der Waals surface area contributed by atoms with Crippen LogP contribution < -0.4 is 11.5 Å². The summed E-state index contributed by atoms with van der Waals surface area (Å²) < 4.78 is -0.907. The van der Waals surface area contributed by atoms with Gasteiger partial charge in [-0.2, -0.15) is 0 Å². The minimum absolute atomic E-state index is 0.256. The standard InChI is InChI=1S/C6H10Br2N2O2/c7-6(8,5(10)12)3-1-2-4(9)11/h1-3H2,(H2,9,11)(H2,10,12). The summed E-state index contributed by atoms with van der Waals surface area (Å²) in [7, 11) is 0. The van der Waals surface area contributed by atoms with E-state index in [0.29, 0.717) is 12.8 Å². The third-order valence-electron chi connectivity index (χ3n) is 1.27. The van der Waals surface area contributed by atoms with Gasteiger partial charge in [-0.05, 0) is 12.8 Å². The van der Waals surface area contributed by atoms with Crippen molar-refractivity contribution in [2.45, 2.75) is 22.5 Å². The molecule has 70 valence electrons. The van der Waals surface area contributed by atoms with E-state index in [9.17, 15) is 9.59 Å². The lowest BCUT2D eigenvalue weighted by atomic mass is 10.2. The second kappa shape index (κ2) is 4.81. The van der Waals surface area contributed by atoms with Crippen LogP contribution in [-0.2, 0) is 9.59 Å². The van der Waals surface area contributed by atoms with E-state index < -0.39 is 9.14 Å². The van der Waals surface area contributed by atoms with Gasteiger partial charge in [0.2, 0.25) is 11.8 Å². The van der Waals surface area contributed by atoms with E-state index in [1.165, 1.54) is 0 Å². The Morgan fingerprint density at radius 1 is 1.25 bits per heavy atom. The van der Waals surface area contributed by atoms with Gasteiger partial charge < -0.3 is 11.5 Å². The fourth-order valence-electron chi connectivity index (χ4n) is 0.608. The molecule has 4 N–H and O–H groups in total. The number of carbonyl (C=O) groups excluding carboxylic acids is 2. The first kappa shape index (κ1) is 11.9. The van der Waals surface area contributed by atoms with E-state index in [4.69, 9.17) is 11.5 Å². The molecule has 0 heterocycles. The number of halogens is 2. The molecule has 0 spiro atoms. The summed E-state index contributed by atoms with van der Waals surface area (Å²) in [5.41, 5.74) is 9.95. The summed E-state index contributed by atoms with van der Waals surface area (Å²) in [4.78, 5) is 21.0. The average molecular weight is 302 g/mol. The fourth-order valence-corrected chi connectivity index (χ4v) is 1.17. The van der Waals surface area contributed by atoms with E-state index >= 15 is 0 Å². The summed E-state index contributed by atoms with van der Waals surface area (Å²) in [5.74, 6) is -0.887. The Morgan fingerprint density at radius 3 is 2.08 bits per heavy atom. The van der Waals surface area contributed by atoms with Crippen molar-refractivity contribution < 1.29 is 9.59 Å². The van der Waals surface area contributed by atoms with Gasteiger partial charge in [0, 0.05) is 6.42 Å². The predicted molar refractivity (Wildman–Crippen MR) is 52.8 cm³/mol. The maximum atomic E-state index is 10.7. The molecule has 0 saturated carbocycles. The summed E-state index contributed by atoms with van der Waals surface area (Å²) in [6, 6.07) is 0. The van der Waals surface area contributed by atoms with Crippen molar-refractivity contribution in [2.75, 3.05) is 0 Å². The van der Waals surface area contributed by atoms with Crippen LogP contribution in [0.3, 0.4) is 0 Å². The van der Waals surface area contributed by atoms with Crippen LogP contribution >= 0.6 is 31.9 Å². The van der Waals surface area contributed by atoms with Crippen LogP contribution in [0.2, 0.25) is 0 Å². The number of hydrogen-bond donors (Lipinski definition) is 2. The smallest absolute Gasteiger partial charge is 0.245 e. The highest BCUT2D eigenvalue weighted by atomic mass is 79.9. The van der Waals surface area contributed by atoms with Crippen LogP contribution in [-0.4, -0.2) is 15.0 Å². The maximum Gasteiger partial charge on any atom is 0.245 e. The highest BCUT2D eigenvalue weighted by molar-refractivity contribution is 9.25. The van der Waals surface area contributed by atoms with Gasteiger partial charge in [0.15, 0.2) is 3.23 Å². The molecular weight excluding hydrogens is 292 g/mol. The molecule has 0 rings (SSSR count). The summed E-state index contributed by atoms with van der Waals surface area (Å²) in [6.07, 6.45) is 1.21. The normalized spacial score (nSPS) is 11.2. The summed E-state index contributed by atoms with van der Waals surface area (Å²) in [5, 5.41) is 0. The van der Waals surface area contributed by atoms with Crippen LogP contribution in [0.25, 0.3) is 0 Å². The number of hydrogen-bond acceptors (Lipinski definition) is 2. The molecule has 0 aliphatic rings. The summed E-state index contributed by atoms with van der Waals surface area (Å²) >= 11 is 6.17. The van der Waals surface area contributed by atoms with Crippen LogP contribution in [0.4, 0.5) is 0 Å². The quantitative estimate of drug-likeness (QED) is 0.729. The third kappa shape index (κ3) is 4.71. The molecule has 2 amide bonds. The molecule has 0 unspecified atom stereocenters. The van der Waals surface area contributed by atoms with Gasteiger partial charge in [-0.15, -0.1) is 0 Å². The second-order valence-electron chi connectivity index (χ2n) is 2.39. The van der Waals surface area contributed by atoms with Crippen molar-refractivity contribution in [3.63, 3.8) is 0 Å². The van der Waals surface area contributed by atoms with Crippen LogP contribution in [0.15, 0.2) is 0 Å². The lowest BCUT2D eigenvalue weighted by Gasteiger charge is -2.14. The van der Waals surface area contributed by atoms with Gasteiger partial charge in [-0.1, -0.05) is 31.9 Å². The van der Waals surface area contributed by atoms with Crippen molar-refractivity contribution >= 4 is 43.7 Å². The molecule has 0 saturated heterocycles. The third-order valence-corrected chi connectivity index (χ3v) is 2.85. The van der Waals surface area contributed by atoms with Gasteiger partial charge in [0.1, 0.15) is 0 Å². The van der Waals surface area contributed by atoms with Crippen molar-refractivity contribution in [2.24, 2.45) is 11.5 Å². The van der Waals surface area contributed by atoms with Crippen molar-refractivity contribution in [3.05, 3.63) is 0 Å². The zero-order chi connectivity index (χ0) is 9.78. The lowest BCUT2D eigenvalue weighted by Crippen LogP contribution is -2.32.